The van der Waals surface area contributed by atoms with Gasteiger partial charge in [0, 0.05) is 13.0 Å². The first-order valence-electron chi connectivity index (χ1n) is 7.53. The zero-order valence-electron chi connectivity index (χ0n) is 13.6. The number of aromatic nitrogens is 3. The van der Waals surface area contributed by atoms with Crippen molar-refractivity contribution in [1.29, 1.82) is 0 Å². The van der Waals surface area contributed by atoms with Crippen LogP contribution in [0.3, 0.4) is 0 Å². The highest BCUT2D eigenvalue weighted by molar-refractivity contribution is 7.98. The summed E-state index contributed by atoms with van der Waals surface area (Å²) < 4.78 is 1.96. The lowest BCUT2D eigenvalue weighted by Crippen LogP contribution is -2.25. The highest BCUT2D eigenvalue weighted by Crippen LogP contribution is 2.13. The standard InChI is InChI=1S/C17H22N4OS/c1-4-11-21-15(19-20-17(21)23-3)12-18-16(22)10-9-14-7-5-13(2)6-8-14/h4-8H,1,9-12H2,2-3H3,(H,18,22). The van der Waals surface area contributed by atoms with Crippen LogP contribution in [0.4, 0.5) is 0 Å². The van der Waals surface area contributed by atoms with Crippen LogP contribution in [0, 0.1) is 6.92 Å². The molecule has 0 saturated heterocycles. The van der Waals surface area contributed by atoms with Crippen LogP contribution in [0.2, 0.25) is 0 Å². The Balaban J connectivity index is 1.85. The summed E-state index contributed by atoms with van der Waals surface area (Å²) in [5.74, 6) is 0.766. The molecule has 1 aromatic heterocycles. The minimum Gasteiger partial charge on any atom is -0.349 e. The van der Waals surface area contributed by atoms with Gasteiger partial charge in [0.05, 0.1) is 6.54 Å². The molecule has 0 radical (unpaired) electrons. The van der Waals surface area contributed by atoms with Crippen LogP contribution < -0.4 is 5.32 Å². The van der Waals surface area contributed by atoms with E-state index in [0.717, 1.165) is 17.4 Å². The second-order valence-electron chi connectivity index (χ2n) is 5.26. The molecular formula is C17H22N4OS. The van der Waals surface area contributed by atoms with Crippen LogP contribution >= 0.6 is 11.8 Å². The molecule has 6 heteroatoms. The average molecular weight is 330 g/mol. The Morgan fingerprint density at radius 1 is 1.35 bits per heavy atom. The quantitative estimate of drug-likeness (QED) is 0.597. The van der Waals surface area contributed by atoms with Crippen molar-refractivity contribution in [2.45, 2.75) is 38.0 Å². The summed E-state index contributed by atoms with van der Waals surface area (Å²) in [4.78, 5) is 12.0. The van der Waals surface area contributed by atoms with Crippen LogP contribution in [0.15, 0.2) is 42.1 Å². The third kappa shape index (κ3) is 4.96. The summed E-state index contributed by atoms with van der Waals surface area (Å²) in [6.45, 7) is 6.82. The molecule has 1 amide bonds. The number of nitrogens with zero attached hydrogens (tertiary/aromatic N) is 3. The largest absolute Gasteiger partial charge is 0.349 e. The first-order chi connectivity index (χ1) is 11.1. The van der Waals surface area contributed by atoms with Gasteiger partial charge in [0.1, 0.15) is 0 Å². The molecule has 2 aromatic rings. The first-order valence-corrected chi connectivity index (χ1v) is 8.75. The second-order valence-corrected chi connectivity index (χ2v) is 6.04. The molecule has 1 N–H and O–H groups in total. The van der Waals surface area contributed by atoms with Crippen molar-refractivity contribution >= 4 is 17.7 Å². The van der Waals surface area contributed by atoms with Gasteiger partial charge >= 0.3 is 0 Å². The van der Waals surface area contributed by atoms with E-state index >= 15 is 0 Å². The number of nitrogens with one attached hydrogen (secondary N) is 1. The molecule has 0 saturated carbocycles. The van der Waals surface area contributed by atoms with Gasteiger partial charge in [-0.2, -0.15) is 0 Å². The predicted octanol–water partition coefficient (Wildman–Crippen LogP) is 2.74. The van der Waals surface area contributed by atoms with Crippen LogP contribution in [-0.4, -0.2) is 26.9 Å². The molecule has 2 rings (SSSR count). The maximum absolute atomic E-state index is 12.0. The van der Waals surface area contributed by atoms with Gasteiger partial charge in [-0.1, -0.05) is 47.7 Å². The predicted molar refractivity (Wildman–Crippen MR) is 93.3 cm³/mol. The van der Waals surface area contributed by atoms with E-state index in [4.69, 9.17) is 0 Å². The van der Waals surface area contributed by atoms with Gasteiger partial charge in [-0.25, -0.2) is 0 Å². The van der Waals surface area contributed by atoms with Crippen molar-refractivity contribution in [3.63, 3.8) is 0 Å². The number of amides is 1. The van der Waals surface area contributed by atoms with Crippen molar-refractivity contribution in [3.05, 3.63) is 53.9 Å². The van der Waals surface area contributed by atoms with Gasteiger partial charge in [-0.05, 0) is 25.2 Å². The van der Waals surface area contributed by atoms with Gasteiger partial charge in [0.25, 0.3) is 0 Å². The molecular weight excluding hydrogens is 308 g/mol. The normalized spacial score (nSPS) is 10.5. The van der Waals surface area contributed by atoms with Crippen molar-refractivity contribution in [2.24, 2.45) is 0 Å². The molecule has 0 aliphatic heterocycles. The lowest BCUT2D eigenvalue weighted by Gasteiger charge is -2.08. The zero-order chi connectivity index (χ0) is 16.7. The maximum atomic E-state index is 12.0. The summed E-state index contributed by atoms with van der Waals surface area (Å²) in [5, 5.41) is 12.0. The summed E-state index contributed by atoms with van der Waals surface area (Å²) >= 11 is 1.53. The smallest absolute Gasteiger partial charge is 0.220 e. The van der Waals surface area contributed by atoms with E-state index in [1.165, 1.54) is 22.9 Å². The molecule has 0 aliphatic carbocycles. The van der Waals surface area contributed by atoms with Gasteiger partial charge < -0.3 is 9.88 Å². The van der Waals surface area contributed by atoms with E-state index in [1.807, 2.05) is 10.8 Å². The summed E-state index contributed by atoms with van der Waals surface area (Å²) in [5.41, 5.74) is 2.40. The van der Waals surface area contributed by atoms with Crippen molar-refractivity contribution < 1.29 is 4.79 Å². The van der Waals surface area contributed by atoms with Crippen LogP contribution in [0.5, 0.6) is 0 Å². The second kappa shape index (κ2) is 8.53. The number of hydrogen-bond donors (Lipinski definition) is 1. The molecule has 1 aromatic carbocycles. The van der Waals surface area contributed by atoms with Crippen molar-refractivity contribution in [2.75, 3.05) is 6.26 Å². The van der Waals surface area contributed by atoms with Crippen LogP contribution in [-0.2, 0) is 24.3 Å². The van der Waals surface area contributed by atoms with Crippen molar-refractivity contribution in [1.82, 2.24) is 20.1 Å². The fraction of sp³-hybridized carbons (Fsp3) is 0.353. The number of hydrogen-bond acceptors (Lipinski definition) is 4. The fourth-order valence-corrected chi connectivity index (χ4v) is 2.71. The summed E-state index contributed by atoms with van der Waals surface area (Å²) in [6, 6.07) is 8.26. The number of aryl methyl sites for hydroxylation is 2. The SMILES string of the molecule is C=CCn1c(CNC(=O)CCc2ccc(C)cc2)nnc1SC. The first kappa shape index (κ1) is 17.3. The molecule has 0 aliphatic rings. The Labute approximate surface area is 141 Å². The Kier molecular flexibility index (Phi) is 6.40. The van der Waals surface area contributed by atoms with E-state index in [0.29, 0.717) is 19.5 Å². The molecule has 122 valence electrons. The van der Waals surface area contributed by atoms with Gasteiger partial charge in [-0.3, -0.25) is 4.79 Å². The van der Waals surface area contributed by atoms with Crippen LogP contribution in [0.25, 0.3) is 0 Å². The summed E-state index contributed by atoms with van der Waals surface area (Å²) in [7, 11) is 0. The Bertz CT molecular complexity index is 664. The number of thioether (sulfide) groups is 1. The highest BCUT2D eigenvalue weighted by atomic mass is 32.2. The van der Waals surface area contributed by atoms with E-state index in [-0.39, 0.29) is 5.91 Å². The van der Waals surface area contributed by atoms with E-state index in [2.05, 4.69) is 53.3 Å². The Hall–Kier alpha value is -2.08. The molecule has 0 fully saturated rings. The molecule has 1 heterocycles. The van der Waals surface area contributed by atoms with Gasteiger partial charge in [0.15, 0.2) is 11.0 Å². The molecule has 23 heavy (non-hydrogen) atoms. The number of allylic oxidation sites excluding steroid dienone is 1. The zero-order valence-corrected chi connectivity index (χ0v) is 14.4. The minimum absolute atomic E-state index is 0.0180. The Morgan fingerprint density at radius 2 is 2.09 bits per heavy atom. The van der Waals surface area contributed by atoms with Gasteiger partial charge in [-0.15, -0.1) is 16.8 Å². The third-order valence-corrected chi connectivity index (χ3v) is 4.16. The van der Waals surface area contributed by atoms with E-state index < -0.39 is 0 Å². The lowest BCUT2D eigenvalue weighted by molar-refractivity contribution is -0.121. The lowest BCUT2D eigenvalue weighted by atomic mass is 10.1. The number of benzene rings is 1. The molecule has 0 atom stereocenters. The highest BCUT2D eigenvalue weighted by Gasteiger charge is 2.11. The fourth-order valence-electron chi connectivity index (χ4n) is 2.19. The van der Waals surface area contributed by atoms with Crippen molar-refractivity contribution in [3.8, 4) is 0 Å². The van der Waals surface area contributed by atoms with Crippen LogP contribution in [0.1, 0.15) is 23.4 Å². The molecule has 0 spiro atoms. The van der Waals surface area contributed by atoms with E-state index in [1.54, 1.807) is 6.08 Å². The topological polar surface area (TPSA) is 59.8 Å². The number of carbonyl (C=O) groups excluding carboxylic acids is 1. The molecule has 0 bridgehead atoms. The third-order valence-electron chi connectivity index (χ3n) is 3.49. The summed E-state index contributed by atoms with van der Waals surface area (Å²) in [6.07, 6.45) is 4.95. The molecule has 0 unspecified atom stereocenters. The van der Waals surface area contributed by atoms with E-state index in [9.17, 15) is 4.79 Å². The molecule has 5 nitrogen and oxygen atoms in total. The number of carbonyl (C=O) groups is 1. The minimum atomic E-state index is 0.0180. The maximum Gasteiger partial charge on any atom is 0.220 e. The monoisotopic (exact) mass is 330 g/mol. The average Bonchev–Trinajstić information content (AvgIpc) is 2.95. The number of rotatable bonds is 8. The van der Waals surface area contributed by atoms with Gasteiger partial charge in [0.2, 0.25) is 5.91 Å². The Morgan fingerprint density at radius 3 is 2.74 bits per heavy atom.